The normalized spacial score (nSPS) is 12.6. The Hall–Kier alpha value is -3.20. The van der Waals surface area contributed by atoms with Gasteiger partial charge in [-0.3, -0.25) is 0 Å². The second-order valence-corrected chi connectivity index (χ2v) is 11.2. The van der Waals surface area contributed by atoms with E-state index in [0.29, 0.717) is 5.92 Å². The molecular formula is C36H44N2O. The topological polar surface area (TPSA) is 35.0 Å². The Kier molecular flexibility index (Phi) is 9.64. The summed E-state index contributed by atoms with van der Waals surface area (Å²) in [6.07, 6.45) is 15.9. The molecule has 1 atom stereocenters. The number of benzene rings is 4. The van der Waals surface area contributed by atoms with E-state index >= 15 is 0 Å². The molecule has 0 aliphatic rings. The predicted octanol–water partition coefficient (Wildman–Crippen LogP) is 10.8. The highest BCUT2D eigenvalue weighted by Gasteiger charge is 2.14. The van der Waals surface area contributed by atoms with Gasteiger partial charge < -0.3 is 4.74 Å². The zero-order valence-corrected chi connectivity index (χ0v) is 23.9. The Morgan fingerprint density at radius 3 is 1.69 bits per heavy atom. The van der Waals surface area contributed by atoms with E-state index in [1.807, 2.05) is 0 Å². The number of unbranched alkanes of at least 4 members (excludes halogenated alkanes) is 8. The van der Waals surface area contributed by atoms with Crippen molar-refractivity contribution in [2.24, 2.45) is 5.92 Å². The highest BCUT2D eigenvalue weighted by Crippen LogP contribution is 2.34. The standard InChI is InChI=1S/C36H44N2O/c1-3-5-7-9-10-12-18-27(17-11-8-6-4-2)26-39-28-23-24-33-34(25-28)38-36-32-22-16-14-20-30(32)29-19-13-15-21-31(29)35(36)37-33/h13-16,19-25,27H,3-12,17-18,26H2,1-2H3. The highest BCUT2D eigenvalue weighted by atomic mass is 16.5. The summed E-state index contributed by atoms with van der Waals surface area (Å²) in [5.74, 6) is 1.53. The molecule has 5 aromatic rings. The van der Waals surface area contributed by atoms with Crippen LogP contribution in [0.5, 0.6) is 5.75 Å². The van der Waals surface area contributed by atoms with Crippen LogP contribution < -0.4 is 4.74 Å². The summed E-state index contributed by atoms with van der Waals surface area (Å²) in [5.41, 5.74) is 3.75. The van der Waals surface area contributed by atoms with Gasteiger partial charge in [0.25, 0.3) is 0 Å². The second-order valence-electron chi connectivity index (χ2n) is 11.2. The van der Waals surface area contributed by atoms with Gasteiger partial charge in [0.15, 0.2) is 0 Å². The van der Waals surface area contributed by atoms with Crippen molar-refractivity contribution in [3.05, 3.63) is 66.7 Å². The Labute approximate surface area is 234 Å². The molecule has 1 unspecified atom stereocenters. The minimum absolute atomic E-state index is 0.627. The number of fused-ring (bicyclic) bond motifs is 7. The average Bonchev–Trinajstić information content (AvgIpc) is 2.98. The fraction of sp³-hybridized carbons (Fsp3) is 0.444. The minimum atomic E-state index is 0.627. The van der Waals surface area contributed by atoms with Crippen LogP contribution in [0.1, 0.15) is 90.9 Å². The molecule has 0 saturated carbocycles. The number of hydrogen-bond donors (Lipinski definition) is 0. The van der Waals surface area contributed by atoms with E-state index in [0.717, 1.165) is 45.2 Å². The van der Waals surface area contributed by atoms with E-state index in [2.05, 4.69) is 80.6 Å². The van der Waals surface area contributed by atoms with E-state index in [1.54, 1.807) is 0 Å². The van der Waals surface area contributed by atoms with E-state index < -0.39 is 0 Å². The first-order chi connectivity index (χ1) is 19.3. The average molecular weight is 521 g/mol. The summed E-state index contributed by atoms with van der Waals surface area (Å²) in [6, 6.07) is 23.3. The summed E-state index contributed by atoms with van der Waals surface area (Å²) in [6.45, 7) is 5.36. The Bertz CT molecular complexity index is 1510. The molecule has 0 aliphatic carbocycles. The molecule has 39 heavy (non-hydrogen) atoms. The lowest BCUT2D eigenvalue weighted by Crippen LogP contribution is -2.12. The molecule has 0 N–H and O–H groups in total. The summed E-state index contributed by atoms with van der Waals surface area (Å²) in [4.78, 5) is 10.3. The molecule has 3 heteroatoms. The lowest BCUT2D eigenvalue weighted by atomic mass is 9.95. The Morgan fingerprint density at radius 2 is 1.08 bits per heavy atom. The molecule has 0 fully saturated rings. The molecule has 4 aromatic carbocycles. The molecule has 0 amide bonds. The molecule has 204 valence electrons. The Balaban J connectivity index is 1.35. The summed E-state index contributed by atoms with van der Waals surface area (Å²) in [7, 11) is 0. The van der Waals surface area contributed by atoms with Crippen LogP contribution in [-0.4, -0.2) is 16.6 Å². The molecule has 0 saturated heterocycles. The van der Waals surface area contributed by atoms with Gasteiger partial charge in [-0.05, 0) is 41.7 Å². The number of ether oxygens (including phenoxy) is 1. The summed E-state index contributed by atoms with van der Waals surface area (Å²) < 4.78 is 6.43. The Morgan fingerprint density at radius 1 is 0.564 bits per heavy atom. The van der Waals surface area contributed by atoms with Gasteiger partial charge in [-0.15, -0.1) is 0 Å². The van der Waals surface area contributed by atoms with Crippen LogP contribution in [0.4, 0.5) is 0 Å². The van der Waals surface area contributed by atoms with Crippen LogP contribution in [-0.2, 0) is 0 Å². The van der Waals surface area contributed by atoms with Crippen LogP contribution in [0.3, 0.4) is 0 Å². The van der Waals surface area contributed by atoms with Gasteiger partial charge >= 0.3 is 0 Å². The van der Waals surface area contributed by atoms with E-state index in [9.17, 15) is 0 Å². The largest absolute Gasteiger partial charge is 0.493 e. The summed E-state index contributed by atoms with van der Waals surface area (Å²) >= 11 is 0. The lowest BCUT2D eigenvalue weighted by Gasteiger charge is -2.18. The molecule has 0 radical (unpaired) electrons. The van der Waals surface area contributed by atoms with Gasteiger partial charge in [0.1, 0.15) is 5.75 Å². The van der Waals surface area contributed by atoms with Gasteiger partial charge in [0.2, 0.25) is 0 Å². The molecule has 0 bridgehead atoms. The molecular weight excluding hydrogens is 476 g/mol. The van der Waals surface area contributed by atoms with Crippen molar-refractivity contribution in [2.75, 3.05) is 6.61 Å². The van der Waals surface area contributed by atoms with Crippen molar-refractivity contribution in [3.63, 3.8) is 0 Å². The smallest absolute Gasteiger partial charge is 0.121 e. The fourth-order valence-electron chi connectivity index (χ4n) is 5.95. The van der Waals surface area contributed by atoms with Gasteiger partial charge in [-0.25, -0.2) is 9.97 Å². The van der Waals surface area contributed by atoms with Crippen molar-refractivity contribution < 1.29 is 4.74 Å². The van der Waals surface area contributed by atoms with E-state index in [1.165, 1.54) is 87.8 Å². The predicted molar refractivity (Wildman–Crippen MR) is 168 cm³/mol. The van der Waals surface area contributed by atoms with Crippen molar-refractivity contribution in [1.82, 2.24) is 9.97 Å². The third-order valence-electron chi connectivity index (χ3n) is 8.21. The molecule has 3 nitrogen and oxygen atoms in total. The number of nitrogens with zero attached hydrogens (tertiary/aromatic N) is 2. The number of aromatic nitrogens is 2. The second kappa shape index (κ2) is 13.7. The SMILES string of the molecule is CCCCCCCCC(CCCCCC)COc1ccc2nc3c4ccccc4c4ccccc4c3nc2c1. The van der Waals surface area contributed by atoms with Crippen molar-refractivity contribution in [3.8, 4) is 5.75 Å². The van der Waals surface area contributed by atoms with E-state index in [-0.39, 0.29) is 0 Å². The van der Waals surface area contributed by atoms with Crippen molar-refractivity contribution in [1.29, 1.82) is 0 Å². The van der Waals surface area contributed by atoms with Crippen LogP contribution in [0.2, 0.25) is 0 Å². The van der Waals surface area contributed by atoms with Gasteiger partial charge in [0, 0.05) is 16.8 Å². The highest BCUT2D eigenvalue weighted by molar-refractivity contribution is 6.23. The maximum Gasteiger partial charge on any atom is 0.121 e. The third-order valence-corrected chi connectivity index (χ3v) is 8.21. The van der Waals surface area contributed by atoms with Gasteiger partial charge in [0.05, 0.1) is 28.7 Å². The van der Waals surface area contributed by atoms with Crippen molar-refractivity contribution in [2.45, 2.75) is 90.9 Å². The van der Waals surface area contributed by atoms with Crippen LogP contribution in [0.15, 0.2) is 66.7 Å². The van der Waals surface area contributed by atoms with Crippen LogP contribution in [0.25, 0.3) is 43.6 Å². The molecule has 0 spiro atoms. The first kappa shape index (κ1) is 27.4. The number of rotatable bonds is 15. The third kappa shape index (κ3) is 6.69. The first-order valence-corrected chi connectivity index (χ1v) is 15.4. The zero-order valence-electron chi connectivity index (χ0n) is 23.9. The fourth-order valence-corrected chi connectivity index (χ4v) is 5.95. The minimum Gasteiger partial charge on any atom is -0.493 e. The summed E-state index contributed by atoms with van der Waals surface area (Å²) in [5, 5.41) is 4.76. The maximum atomic E-state index is 6.43. The first-order valence-electron chi connectivity index (χ1n) is 15.4. The van der Waals surface area contributed by atoms with Gasteiger partial charge in [-0.2, -0.15) is 0 Å². The zero-order chi connectivity index (χ0) is 26.9. The monoisotopic (exact) mass is 520 g/mol. The maximum absolute atomic E-state index is 6.43. The molecule has 5 rings (SSSR count). The van der Waals surface area contributed by atoms with Gasteiger partial charge in [-0.1, -0.05) is 127 Å². The molecule has 1 aromatic heterocycles. The lowest BCUT2D eigenvalue weighted by molar-refractivity contribution is 0.224. The van der Waals surface area contributed by atoms with E-state index in [4.69, 9.17) is 14.7 Å². The number of hydrogen-bond acceptors (Lipinski definition) is 3. The quantitative estimate of drug-likeness (QED) is 0.0782. The van der Waals surface area contributed by atoms with Crippen LogP contribution >= 0.6 is 0 Å². The van der Waals surface area contributed by atoms with Crippen molar-refractivity contribution >= 4 is 43.6 Å². The van der Waals surface area contributed by atoms with Crippen LogP contribution in [0, 0.1) is 5.92 Å². The molecule has 0 aliphatic heterocycles. The molecule has 1 heterocycles.